The van der Waals surface area contributed by atoms with E-state index in [-0.39, 0.29) is 0 Å². The average Bonchev–Trinajstić information content (AvgIpc) is 2.48. The first-order valence-corrected chi connectivity index (χ1v) is 7.46. The number of hydrogen-bond acceptors (Lipinski definition) is 3. The lowest BCUT2D eigenvalue weighted by molar-refractivity contribution is 0.0542. The summed E-state index contributed by atoms with van der Waals surface area (Å²) in [5.74, 6) is 3.23. The van der Waals surface area contributed by atoms with Gasteiger partial charge in [0, 0.05) is 5.56 Å². The molecule has 0 saturated heterocycles. The van der Waals surface area contributed by atoms with Crippen LogP contribution in [-0.2, 0) is 0 Å². The van der Waals surface area contributed by atoms with Crippen LogP contribution in [0.3, 0.4) is 0 Å². The fourth-order valence-corrected chi connectivity index (χ4v) is 3.20. The van der Waals surface area contributed by atoms with E-state index in [0.717, 1.165) is 35.8 Å². The largest absolute Gasteiger partial charge is 0.497 e. The first-order valence-electron chi connectivity index (χ1n) is 7.46. The van der Waals surface area contributed by atoms with E-state index in [1.165, 1.54) is 6.42 Å². The summed E-state index contributed by atoms with van der Waals surface area (Å²) in [6.07, 6.45) is 2.86. The van der Waals surface area contributed by atoms with Crippen LogP contribution < -0.4 is 9.47 Å². The average molecular weight is 278 g/mol. The van der Waals surface area contributed by atoms with E-state index in [2.05, 4.69) is 13.8 Å². The van der Waals surface area contributed by atoms with Gasteiger partial charge in [0.25, 0.3) is 0 Å². The number of hydrogen-bond donors (Lipinski definition) is 1. The zero-order valence-electron chi connectivity index (χ0n) is 12.9. The predicted octanol–water partition coefficient (Wildman–Crippen LogP) is 3.81. The molecule has 1 aromatic carbocycles. The van der Waals surface area contributed by atoms with Gasteiger partial charge in [-0.2, -0.15) is 0 Å². The van der Waals surface area contributed by atoms with Crippen LogP contribution in [0.1, 0.15) is 44.8 Å². The molecule has 0 aromatic heterocycles. The van der Waals surface area contributed by atoms with Gasteiger partial charge in [-0.15, -0.1) is 0 Å². The van der Waals surface area contributed by atoms with Crippen LogP contribution in [0, 0.1) is 17.8 Å². The Morgan fingerprint density at radius 1 is 1.10 bits per heavy atom. The summed E-state index contributed by atoms with van der Waals surface area (Å²) < 4.78 is 10.7. The third-order valence-electron chi connectivity index (χ3n) is 4.84. The van der Waals surface area contributed by atoms with Crippen LogP contribution in [-0.4, -0.2) is 19.3 Å². The van der Waals surface area contributed by atoms with Gasteiger partial charge in [-0.25, -0.2) is 0 Å². The molecule has 1 aliphatic carbocycles. The molecule has 3 heteroatoms. The number of aliphatic hydroxyl groups excluding tert-OH is 1. The van der Waals surface area contributed by atoms with Crippen molar-refractivity contribution in [1.82, 2.24) is 0 Å². The van der Waals surface area contributed by atoms with Crippen molar-refractivity contribution in [1.29, 1.82) is 0 Å². The predicted molar refractivity (Wildman–Crippen MR) is 80.2 cm³/mol. The minimum Gasteiger partial charge on any atom is -0.497 e. The molecule has 1 aromatic rings. The smallest absolute Gasteiger partial charge is 0.124 e. The summed E-state index contributed by atoms with van der Waals surface area (Å²) in [5.41, 5.74) is 0.846. The molecule has 1 fully saturated rings. The molecule has 0 spiro atoms. The first kappa shape index (κ1) is 15.2. The standard InChI is InChI=1S/C17H26O3/c1-11-5-6-13(9-12(11)2)17(18)15-10-14(19-3)7-8-16(15)20-4/h7-8,10-13,17-18H,5-6,9H2,1-4H3. The zero-order chi connectivity index (χ0) is 14.7. The van der Waals surface area contributed by atoms with E-state index in [0.29, 0.717) is 11.8 Å². The van der Waals surface area contributed by atoms with Crippen molar-refractivity contribution in [3.8, 4) is 11.5 Å². The molecule has 1 N–H and O–H groups in total. The van der Waals surface area contributed by atoms with Crippen LogP contribution >= 0.6 is 0 Å². The molecular weight excluding hydrogens is 252 g/mol. The highest BCUT2D eigenvalue weighted by molar-refractivity contribution is 5.42. The van der Waals surface area contributed by atoms with Gasteiger partial charge in [0.2, 0.25) is 0 Å². The Kier molecular flexibility index (Phi) is 4.92. The fraction of sp³-hybridized carbons (Fsp3) is 0.647. The Labute approximate surface area is 121 Å². The van der Waals surface area contributed by atoms with Crippen molar-refractivity contribution in [2.45, 2.75) is 39.2 Å². The number of rotatable bonds is 4. The lowest BCUT2D eigenvalue weighted by atomic mass is 9.73. The number of benzene rings is 1. The van der Waals surface area contributed by atoms with Gasteiger partial charge >= 0.3 is 0 Å². The Bertz CT molecular complexity index is 444. The second kappa shape index (κ2) is 6.49. The molecule has 3 nitrogen and oxygen atoms in total. The number of methoxy groups -OCH3 is 2. The molecule has 4 atom stereocenters. The Morgan fingerprint density at radius 2 is 1.85 bits per heavy atom. The summed E-state index contributed by atoms with van der Waals surface area (Å²) in [6.45, 7) is 4.59. The van der Waals surface area contributed by atoms with Crippen LogP contribution in [0.4, 0.5) is 0 Å². The molecule has 1 aliphatic rings. The molecular formula is C17H26O3. The topological polar surface area (TPSA) is 38.7 Å². The third kappa shape index (κ3) is 3.09. The maximum atomic E-state index is 10.7. The lowest BCUT2D eigenvalue weighted by Gasteiger charge is -2.35. The minimum atomic E-state index is -0.477. The second-order valence-corrected chi connectivity index (χ2v) is 6.08. The summed E-state index contributed by atoms with van der Waals surface area (Å²) in [5, 5.41) is 10.7. The van der Waals surface area contributed by atoms with Crippen molar-refractivity contribution in [3.63, 3.8) is 0 Å². The van der Waals surface area contributed by atoms with Gasteiger partial charge in [-0.05, 0) is 48.8 Å². The summed E-state index contributed by atoms with van der Waals surface area (Å²) in [6, 6.07) is 5.62. The fourth-order valence-electron chi connectivity index (χ4n) is 3.20. The quantitative estimate of drug-likeness (QED) is 0.910. The molecule has 20 heavy (non-hydrogen) atoms. The molecule has 112 valence electrons. The Hall–Kier alpha value is -1.22. The van der Waals surface area contributed by atoms with E-state index in [1.807, 2.05) is 18.2 Å². The van der Waals surface area contributed by atoms with Gasteiger partial charge in [0.05, 0.1) is 20.3 Å². The molecule has 0 radical (unpaired) electrons. The summed E-state index contributed by atoms with van der Waals surface area (Å²) >= 11 is 0. The van der Waals surface area contributed by atoms with Crippen LogP contribution in [0.5, 0.6) is 11.5 Å². The lowest BCUT2D eigenvalue weighted by Crippen LogP contribution is -2.25. The van der Waals surface area contributed by atoms with Crippen molar-refractivity contribution in [2.24, 2.45) is 17.8 Å². The normalized spacial score (nSPS) is 27.9. The highest BCUT2D eigenvalue weighted by Crippen LogP contribution is 2.42. The molecule has 0 bridgehead atoms. The molecule has 4 unspecified atom stereocenters. The van der Waals surface area contributed by atoms with Crippen LogP contribution in [0.2, 0.25) is 0 Å². The van der Waals surface area contributed by atoms with Crippen LogP contribution in [0.25, 0.3) is 0 Å². The number of aliphatic hydroxyl groups is 1. The molecule has 2 rings (SSSR count). The van der Waals surface area contributed by atoms with Gasteiger partial charge in [0.15, 0.2) is 0 Å². The minimum absolute atomic E-state index is 0.308. The first-order chi connectivity index (χ1) is 9.56. The van der Waals surface area contributed by atoms with Crippen LogP contribution in [0.15, 0.2) is 18.2 Å². The van der Waals surface area contributed by atoms with E-state index < -0.39 is 6.10 Å². The van der Waals surface area contributed by atoms with Crippen molar-refractivity contribution in [2.75, 3.05) is 14.2 Å². The number of ether oxygens (including phenoxy) is 2. The van der Waals surface area contributed by atoms with Gasteiger partial charge in [-0.3, -0.25) is 0 Å². The molecule has 1 saturated carbocycles. The summed E-state index contributed by atoms with van der Waals surface area (Å²) in [7, 11) is 3.28. The highest BCUT2D eigenvalue weighted by Gasteiger charge is 2.31. The zero-order valence-corrected chi connectivity index (χ0v) is 12.9. The highest BCUT2D eigenvalue weighted by atomic mass is 16.5. The maximum absolute atomic E-state index is 10.7. The van der Waals surface area contributed by atoms with Gasteiger partial charge < -0.3 is 14.6 Å². The Balaban J connectivity index is 2.21. The van der Waals surface area contributed by atoms with E-state index in [1.54, 1.807) is 14.2 Å². The van der Waals surface area contributed by atoms with Crippen molar-refractivity contribution >= 4 is 0 Å². The SMILES string of the molecule is COc1ccc(OC)c(C(O)C2CCC(C)C(C)C2)c1. The second-order valence-electron chi connectivity index (χ2n) is 6.08. The summed E-state index contributed by atoms with van der Waals surface area (Å²) in [4.78, 5) is 0. The third-order valence-corrected chi connectivity index (χ3v) is 4.84. The van der Waals surface area contributed by atoms with E-state index in [9.17, 15) is 5.11 Å². The molecule has 0 amide bonds. The maximum Gasteiger partial charge on any atom is 0.124 e. The monoisotopic (exact) mass is 278 g/mol. The van der Waals surface area contributed by atoms with Crippen molar-refractivity contribution in [3.05, 3.63) is 23.8 Å². The van der Waals surface area contributed by atoms with Gasteiger partial charge in [0.1, 0.15) is 11.5 Å². The van der Waals surface area contributed by atoms with Crippen molar-refractivity contribution < 1.29 is 14.6 Å². The van der Waals surface area contributed by atoms with E-state index in [4.69, 9.17) is 9.47 Å². The Morgan fingerprint density at radius 3 is 2.45 bits per heavy atom. The van der Waals surface area contributed by atoms with E-state index >= 15 is 0 Å². The molecule has 0 aliphatic heterocycles. The van der Waals surface area contributed by atoms with Gasteiger partial charge in [-0.1, -0.05) is 20.3 Å². The molecule has 0 heterocycles.